The van der Waals surface area contributed by atoms with Gasteiger partial charge >= 0.3 is 6.03 Å². The van der Waals surface area contributed by atoms with E-state index in [9.17, 15) is 23.1 Å². The Morgan fingerprint density at radius 1 is 1.04 bits per heavy atom. The van der Waals surface area contributed by atoms with Crippen molar-refractivity contribution in [1.29, 1.82) is 0 Å². The molecular formula is C40H52N6O6S2. The van der Waals surface area contributed by atoms with Crippen LogP contribution in [0.15, 0.2) is 83.2 Å². The van der Waals surface area contributed by atoms with Crippen LogP contribution in [0.2, 0.25) is 0 Å². The molecule has 4 atom stereocenters. The average molecular weight is 777 g/mol. The third-order valence-electron chi connectivity index (χ3n) is 9.72. The molecule has 1 aliphatic heterocycles. The van der Waals surface area contributed by atoms with Gasteiger partial charge in [0.25, 0.3) is 0 Å². The summed E-state index contributed by atoms with van der Waals surface area (Å²) in [6, 6.07) is 17.6. The molecule has 0 unspecified atom stereocenters. The van der Waals surface area contributed by atoms with Crippen molar-refractivity contribution in [3.63, 3.8) is 0 Å². The molecule has 0 bridgehead atoms. The molecule has 0 radical (unpaired) electrons. The third-order valence-corrected chi connectivity index (χ3v) is 12.5. The molecule has 2 N–H and O–H groups in total. The van der Waals surface area contributed by atoms with Crippen LogP contribution in [0.3, 0.4) is 0 Å². The number of sulfonamides is 1. The van der Waals surface area contributed by atoms with Gasteiger partial charge in [-0.15, -0.1) is 11.3 Å². The van der Waals surface area contributed by atoms with E-state index in [0.717, 1.165) is 27.5 Å². The lowest BCUT2D eigenvalue weighted by Gasteiger charge is -2.35. The van der Waals surface area contributed by atoms with Crippen molar-refractivity contribution in [2.24, 2.45) is 11.8 Å². The van der Waals surface area contributed by atoms with E-state index < -0.39 is 34.1 Å². The number of amides is 3. The highest BCUT2D eigenvalue weighted by Crippen LogP contribution is 2.27. The molecule has 1 aliphatic rings. The van der Waals surface area contributed by atoms with Gasteiger partial charge < -0.3 is 25.0 Å². The van der Waals surface area contributed by atoms with Crippen molar-refractivity contribution in [1.82, 2.24) is 29.4 Å². The number of ether oxygens (including phenoxy) is 1. The van der Waals surface area contributed by atoms with Crippen molar-refractivity contribution in [2.45, 2.75) is 77.1 Å². The van der Waals surface area contributed by atoms with Crippen molar-refractivity contribution >= 4 is 33.3 Å². The molecule has 2 aromatic heterocycles. The SMILES string of the molecule is CC[C@H](C)[C@@H](C(=O)N[C@@H](Cc1ccccc1)[C@@H](O)CN(CC(C)C)S(=O)(=O)c1ccc(OC)cc1)N1CCN(Cc2csc(-c3ccc(C)nc3)n2)C1=O. The fourth-order valence-electron chi connectivity index (χ4n) is 6.57. The first-order chi connectivity index (χ1) is 25.8. The van der Waals surface area contributed by atoms with Gasteiger partial charge in [-0.25, -0.2) is 18.2 Å². The molecule has 12 nitrogen and oxygen atoms in total. The summed E-state index contributed by atoms with van der Waals surface area (Å²) in [6.45, 7) is 10.7. The number of hydrogen-bond acceptors (Lipinski definition) is 9. The summed E-state index contributed by atoms with van der Waals surface area (Å²) in [4.78, 5) is 40.8. The maximum absolute atomic E-state index is 14.4. The number of aryl methyl sites for hydroxylation is 1. The smallest absolute Gasteiger partial charge is 0.321 e. The van der Waals surface area contributed by atoms with Crippen LogP contribution in [0.5, 0.6) is 5.75 Å². The number of hydrogen-bond donors (Lipinski definition) is 2. The standard InChI is InChI=1S/C40H52N6O6S2/c1-7-28(4)37(46-20-19-44(40(46)49)24-32-26-53-39(42-32)31-14-13-29(5)41-22-31)38(48)43-35(21-30-11-9-8-10-12-30)36(47)25-45(23-27(2)3)54(50,51)34-17-15-33(52-6)16-18-34/h8-18,22,26-28,35-37,47H,7,19-21,23-25H2,1-6H3,(H,43,48)/t28-,35-,36-,37-/m0/s1. The highest BCUT2D eigenvalue weighted by Gasteiger charge is 2.41. The Morgan fingerprint density at radius 3 is 2.39 bits per heavy atom. The predicted molar refractivity (Wildman–Crippen MR) is 211 cm³/mol. The fourth-order valence-corrected chi connectivity index (χ4v) is 8.99. The first-order valence-corrected chi connectivity index (χ1v) is 20.7. The Labute approximate surface area is 323 Å². The molecule has 1 fully saturated rings. The Bertz CT molecular complexity index is 1940. The lowest BCUT2D eigenvalue weighted by molar-refractivity contribution is -0.128. The Balaban J connectivity index is 1.35. The maximum Gasteiger partial charge on any atom is 0.321 e. The highest BCUT2D eigenvalue weighted by molar-refractivity contribution is 7.89. The summed E-state index contributed by atoms with van der Waals surface area (Å²) in [5.41, 5.74) is 3.46. The van der Waals surface area contributed by atoms with Gasteiger partial charge in [0.2, 0.25) is 15.9 Å². The Hall–Kier alpha value is -4.37. The van der Waals surface area contributed by atoms with Crippen LogP contribution >= 0.6 is 11.3 Å². The second-order valence-corrected chi connectivity index (χ2v) is 17.1. The summed E-state index contributed by atoms with van der Waals surface area (Å²) in [5.74, 6) is -0.104. The quantitative estimate of drug-likeness (QED) is 0.133. The molecule has 3 heterocycles. The number of aromatic nitrogens is 2. The minimum absolute atomic E-state index is 0.0400. The van der Waals surface area contributed by atoms with E-state index in [0.29, 0.717) is 31.8 Å². The van der Waals surface area contributed by atoms with Gasteiger partial charge in [-0.2, -0.15) is 4.31 Å². The lowest BCUT2D eigenvalue weighted by Crippen LogP contribution is -2.57. The molecule has 14 heteroatoms. The summed E-state index contributed by atoms with van der Waals surface area (Å²) in [6.07, 6.45) is 1.41. The van der Waals surface area contributed by atoms with Crippen LogP contribution in [0.1, 0.15) is 51.1 Å². The van der Waals surface area contributed by atoms with Crippen molar-refractivity contribution in [2.75, 3.05) is 33.3 Å². The van der Waals surface area contributed by atoms with Gasteiger partial charge in [-0.3, -0.25) is 9.78 Å². The minimum Gasteiger partial charge on any atom is -0.497 e. The van der Waals surface area contributed by atoms with Gasteiger partial charge in [0, 0.05) is 49.0 Å². The zero-order valence-corrected chi connectivity index (χ0v) is 33.5. The molecule has 2 aromatic carbocycles. The zero-order chi connectivity index (χ0) is 39.0. The number of aliphatic hydroxyl groups excluding tert-OH is 1. The monoisotopic (exact) mass is 776 g/mol. The molecule has 5 rings (SSSR count). The van der Waals surface area contributed by atoms with Crippen molar-refractivity contribution < 1.29 is 27.9 Å². The summed E-state index contributed by atoms with van der Waals surface area (Å²) >= 11 is 1.50. The van der Waals surface area contributed by atoms with E-state index in [2.05, 4.69) is 10.3 Å². The van der Waals surface area contributed by atoms with Crippen molar-refractivity contribution in [3.05, 3.63) is 95.3 Å². The average Bonchev–Trinajstić information content (AvgIpc) is 3.77. The molecular weight excluding hydrogens is 725 g/mol. The lowest BCUT2D eigenvalue weighted by atomic mass is 9.95. The van der Waals surface area contributed by atoms with Gasteiger partial charge in [-0.05, 0) is 67.1 Å². The molecule has 54 heavy (non-hydrogen) atoms. The number of rotatable bonds is 18. The minimum atomic E-state index is -4.01. The van der Waals surface area contributed by atoms with Crippen molar-refractivity contribution in [3.8, 4) is 16.3 Å². The fraction of sp³-hybridized carbons (Fsp3) is 0.450. The second-order valence-electron chi connectivity index (χ2n) is 14.3. The number of nitrogens with one attached hydrogen (secondary N) is 1. The molecule has 4 aromatic rings. The number of benzene rings is 2. The number of nitrogens with zero attached hydrogens (tertiary/aromatic N) is 5. The number of carbonyl (C=O) groups is 2. The summed E-state index contributed by atoms with van der Waals surface area (Å²) in [5, 5.41) is 17.7. The third kappa shape index (κ3) is 10.0. The van der Waals surface area contributed by atoms with E-state index in [1.54, 1.807) is 28.1 Å². The van der Waals surface area contributed by atoms with E-state index in [4.69, 9.17) is 9.72 Å². The van der Waals surface area contributed by atoms with E-state index in [1.807, 2.05) is 82.5 Å². The number of thiazole rings is 1. The van der Waals surface area contributed by atoms with Crippen LogP contribution in [-0.2, 0) is 27.8 Å². The first-order valence-electron chi connectivity index (χ1n) is 18.4. The predicted octanol–water partition coefficient (Wildman–Crippen LogP) is 5.61. The topological polar surface area (TPSA) is 145 Å². The van der Waals surface area contributed by atoms with Crippen LogP contribution in [0, 0.1) is 18.8 Å². The molecule has 1 saturated heterocycles. The van der Waals surface area contributed by atoms with E-state index in [1.165, 1.54) is 34.9 Å². The normalized spacial score (nSPS) is 15.8. The molecule has 0 saturated carbocycles. The highest BCUT2D eigenvalue weighted by atomic mass is 32.2. The van der Waals surface area contributed by atoms with E-state index >= 15 is 0 Å². The number of aliphatic hydroxyl groups is 1. The number of methoxy groups -OCH3 is 1. The molecule has 0 aliphatic carbocycles. The van der Waals surface area contributed by atoms with Gasteiger partial charge in [-0.1, -0.05) is 64.4 Å². The largest absolute Gasteiger partial charge is 0.497 e. The van der Waals surface area contributed by atoms with Crippen LogP contribution in [0.4, 0.5) is 4.79 Å². The van der Waals surface area contributed by atoms with Gasteiger partial charge in [0.05, 0.1) is 36.4 Å². The van der Waals surface area contributed by atoms with E-state index in [-0.39, 0.29) is 42.3 Å². The van der Waals surface area contributed by atoms with Crippen LogP contribution in [0.25, 0.3) is 10.6 Å². The number of carbonyl (C=O) groups excluding carboxylic acids is 2. The van der Waals surface area contributed by atoms with Gasteiger partial charge in [0.1, 0.15) is 16.8 Å². The molecule has 0 spiro atoms. The Morgan fingerprint density at radius 2 is 1.76 bits per heavy atom. The number of pyridine rings is 1. The van der Waals surface area contributed by atoms with Crippen LogP contribution in [-0.4, -0.2) is 101 Å². The summed E-state index contributed by atoms with van der Waals surface area (Å²) in [7, 11) is -2.50. The summed E-state index contributed by atoms with van der Waals surface area (Å²) < 4.78 is 34.4. The maximum atomic E-state index is 14.4. The number of urea groups is 1. The molecule has 3 amide bonds. The molecule has 290 valence electrons. The van der Waals surface area contributed by atoms with Gasteiger partial charge in [0.15, 0.2) is 0 Å². The Kier molecular flexibility index (Phi) is 13.8. The second kappa shape index (κ2) is 18.3. The first kappa shape index (κ1) is 40.8. The van der Waals surface area contributed by atoms with Crippen LogP contribution < -0.4 is 10.1 Å². The zero-order valence-electron chi connectivity index (χ0n) is 31.9.